The first-order valence-corrected chi connectivity index (χ1v) is 10.8. The van der Waals surface area contributed by atoms with E-state index in [1.807, 2.05) is 19.1 Å². The van der Waals surface area contributed by atoms with Crippen LogP contribution in [-0.2, 0) is 26.6 Å². The summed E-state index contributed by atoms with van der Waals surface area (Å²) in [5.41, 5.74) is 1.74. The van der Waals surface area contributed by atoms with Gasteiger partial charge in [-0.15, -0.1) is 0 Å². The summed E-state index contributed by atoms with van der Waals surface area (Å²) in [6.07, 6.45) is 1.28. The van der Waals surface area contributed by atoms with E-state index in [0.717, 1.165) is 10.0 Å². The third kappa shape index (κ3) is 5.66. The molecular weight excluding hydrogens is 450 g/mol. The van der Waals surface area contributed by atoms with Gasteiger partial charge in [0.2, 0.25) is 15.9 Å². The number of nitrogens with one attached hydrogen (secondary N) is 2. The molecule has 0 unspecified atom stereocenters. The number of sulfonamides is 1. The highest BCUT2D eigenvalue weighted by Gasteiger charge is 2.21. The third-order valence-electron chi connectivity index (χ3n) is 3.86. The van der Waals surface area contributed by atoms with Crippen molar-refractivity contribution in [2.45, 2.75) is 25.2 Å². The smallest absolute Gasteiger partial charge is 0.354 e. The molecule has 0 aliphatic rings. The van der Waals surface area contributed by atoms with Crippen LogP contribution in [0.25, 0.3) is 0 Å². The minimum Gasteiger partial charge on any atom is -0.461 e. The van der Waals surface area contributed by atoms with E-state index in [1.54, 1.807) is 20.0 Å². The first-order valence-electron chi connectivity index (χ1n) is 8.53. The Morgan fingerprint density at radius 3 is 2.61 bits per heavy atom. The van der Waals surface area contributed by atoms with E-state index >= 15 is 0 Å². The Morgan fingerprint density at radius 2 is 1.96 bits per heavy atom. The molecule has 152 valence electrons. The summed E-state index contributed by atoms with van der Waals surface area (Å²) >= 11 is 3.39. The lowest BCUT2D eigenvalue weighted by atomic mass is 10.2. The molecular formula is C18H22BrN3O5S. The molecule has 10 heteroatoms. The van der Waals surface area contributed by atoms with Crippen molar-refractivity contribution in [1.82, 2.24) is 9.29 Å². The van der Waals surface area contributed by atoms with Gasteiger partial charge in [0.15, 0.2) is 0 Å². The van der Waals surface area contributed by atoms with E-state index in [1.165, 1.54) is 16.8 Å². The summed E-state index contributed by atoms with van der Waals surface area (Å²) in [5.74, 6) is -0.916. The number of hydrogen-bond donors (Lipinski definition) is 2. The maximum atomic E-state index is 12.4. The zero-order valence-corrected chi connectivity index (χ0v) is 18.2. The van der Waals surface area contributed by atoms with E-state index in [0.29, 0.717) is 5.69 Å². The molecule has 0 bridgehead atoms. The largest absolute Gasteiger partial charge is 0.461 e. The lowest BCUT2D eigenvalue weighted by Gasteiger charge is -2.08. The summed E-state index contributed by atoms with van der Waals surface area (Å²) in [4.78, 5) is 23.8. The molecule has 0 atom stereocenters. The average molecular weight is 472 g/mol. The van der Waals surface area contributed by atoms with E-state index in [9.17, 15) is 18.0 Å². The van der Waals surface area contributed by atoms with Gasteiger partial charge in [-0.1, -0.05) is 15.9 Å². The topological polar surface area (TPSA) is 106 Å². The number of rotatable bonds is 8. The van der Waals surface area contributed by atoms with E-state index in [-0.39, 0.29) is 36.1 Å². The zero-order chi connectivity index (χ0) is 20.9. The van der Waals surface area contributed by atoms with Crippen molar-refractivity contribution < 1.29 is 22.7 Å². The molecule has 1 aromatic carbocycles. The quantitative estimate of drug-likeness (QED) is 0.575. The van der Waals surface area contributed by atoms with Crippen LogP contribution in [0, 0.1) is 6.92 Å². The number of halogens is 1. The van der Waals surface area contributed by atoms with Crippen LogP contribution in [-0.4, -0.2) is 38.0 Å². The van der Waals surface area contributed by atoms with Crippen molar-refractivity contribution in [1.29, 1.82) is 0 Å². The van der Waals surface area contributed by atoms with E-state index in [4.69, 9.17) is 4.74 Å². The predicted octanol–water partition coefficient (Wildman–Crippen LogP) is 2.58. The minimum atomic E-state index is -3.86. The van der Waals surface area contributed by atoms with Gasteiger partial charge in [-0.3, -0.25) is 4.79 Å². The lowest BCUT2D eigenvalue weighted by Crippen LogP contribution is -2.27. The van der Waals surface area contributed by atoms with E-state index in [2.05, 4.69) is 26.0 Å². The predicted molar refractivity (Wildman–Crippen MR) is 109 cm³/mol. The Balaban J connectivity index is 1.94. The number of carbonyl (C=O) groups is 2. The molecule has 0 radical (unpaired) electrons. The van der Waals surface area contributed by atoms with Crippen LogP contribution >= 0.6 is 15.9 Å². The highest BCUT2D eigenvalue weighted by atomic mass is 79.9. The summed E-state index contributed by atoms with van der Waals surface area (Å²) < 4.78 is 34.3. The third-order valence-corrected chi connectivity index (χ3v) is 6.18. The normalized spacial score (nSPS) is 11.3. The molecule has 0 aliphatic heterocycles. The fourth-order valence-corrected chi connectivity index (χ4v) is 3.77. The number of hydrogen-bond acceptors (Lipinski definition) is 5. The second kappa shape index (κ2) is 9.35. The average Bonchev–Trinajstić information content (AvgIpc) is 3.01. The van der Waals surface area contributed by atoms with Gasteiger partial charge in [-0.2, -0.15) is 0 Å². The fourth-order valence-electron chi connectivity index (χ4n) is 2.42. The number of aromatic nitrogens is 1. The van der Waals surface area contributed by atoms with Crippen LogP contribution in [0.5, 0.6) is 0 Å². The Hall–Kier alpha value is -2.17. The van der Waals surface area contributed by atoms with Crippen molar-refractivity contribution >= 4 is 43.5 Å². The SMILES string of the molecule is CCOC(=O)c1cc(S(=O)(=O)NCCC(=O)Nc2ccc(Br)c(C)c2)cn1C. The fraction of sp³-hybridized carbons (Fsp3) is 0.333. The molecule has 1 heterocycles. The summed E-state index contributed by atoms with van der Waals surface area (Å²) in [7, 11) is -2.30. The highest BCUT2D eigenvalue weighted by Crippen LogP contribution is 2.20. The Kier molecular flexibility index (Phi) is 7.39. The van der Waals surface area contributed by atoms with Crippen molar-refractivity contribution in [3.63, 3.8) is 0 Å². The Bertz CT molecular complexity index is 985. The van der Waals surface area contributed by atoms with Gasteiger partial charge in [0.1, 0.15) is 10.6 Å². The molecule has 2 N–H and O–H groups in total. The molecule has 0 aliphatic carbocycles. The van der Waals surface area contributed by atoms with Gasteiger partial charge in [0, 0.05) is 36.4 Å². The van der Waals surface area contributed by atoms with Crippen LogP contribution in [0.4, 0.5) is 5.69 Å². The maximum absolute atomic E-state index is 12.4. The first-order chi connectivity index (χ1) is 13.1. The van der Waals surface area contributed by atoms with Crippen molar-refractivity contribution in [2.24, 2.45) is 7.05 Å². The molecule has 2 aromatic rings. The van der Waals surface area contributed by atoms with Gasteiger partial charge < -0.3 is 14.6 Å². The van der Waals surface area contributed by atoms with Crippen LogP contribution in [0.2, 0.25) is 0 Å². The van der Waals surface area contributed by atoms with Crippen LogP contribution in [0.1, 0.15) is 29.4 Å². The van der Waals surface area contributed by atoms with Gasteiger partial charge in [-0.05, 0) is 43.7 Å². The summed E-state index contributed by atoms with van der Waals surface area (Å²) in [6, 6.07) is 6.63. The van der Waals surface area contributed by atoms with Crippen molar-refractivity contribution in [3.05, 3.63) is 46.2 Å². The monoisotopic (exact) mass is 471 g/mol. The zero-order valence-electron chi connectivity index (χ0n) is 15.8. The molecule has 1 aromatic heterocycles. The van der Waals surface area contributed by atoms with Crippen molar-refractivity contribution in [3.8, 4) is 0 Å². The molecule has 0 saturated heterocycles. The number of esters is 1. The summed E-state index contributed by atoms with van der Waals surface area (Å²) in [5, 5.41) is 2.72. The first kappa shape index (κ1) is 22.1. The molecule has 0 saturated carbocycles. The molecule has 28 heavy (non-hydrogen) atoms. The second-order valence-corrected chi connectivity index (χ2v) is 8.67. The van der Waals surface area contributed by atoms with Gasteiger partial charge in [-0.25, -0.2) is 17.9 Å². The lowest BCUT2D eigenvalue weighted by molar-refractivity contribution is -0.116. The molecule has 8 nitrogen and oxygen atoms in total. The number of nitrogens with zero attached hydrogens (tertiary/aromatic N) is 1. The molecule has 2 rings (SSSR count). The van der Waals surface area contributed by atoms with Crippen LogP contribution < -0.4 is 10.0 Å². The summed E-state index contributed by atoms with van der Waals surface area (Å²) in [6.45, 7) is 3.68. The Labute approximate surface area is 172 Å². The minimum absolute atomic E-state index is 0.0358. The van der Waals surface area contributed by atoms with Gasteiger partial charge in [0.25, 0.3) is 0 Å². The number of benzene rings is 1. The number of carbonyl (C=O) groups excluding carboxylic acids is 2. The van der Waals surface area contributed by atoms with E-state index < -0.39 is 16.0 Å². The van der Waals surface area contributed by atoms with Crippen LogP contribution in [0.15, 0.2) is 39.8 Å². The van der Waals surface area contributed by atoms with Gasteiger partial charge in [0.05, 0.1) is 6.61 Å². The molecule has 0 spiro atoms. The molecule has 0 fully saturated rings. The number of anilines is 1. The maximum Gasteiger partial charge on any atom is 0.354 e. The van der Waals surface area contributed by atoms with Crippen molar-refractivity contribution in [2.75, 3.05) is 18.5 Å². The number of ether oxygens (including phenoxy) is 1. The van der Waals surface area contributed by atoms with Crippen LogP contribution in [0.3, 0.4) is 0 Å². The standard InChI is InChI=1S/C18H22BrN3O5S/c1-4-27-18(24)16-10-14(11-22(16)3)28(25,26)20-8-7-17(23)21-13-5-6-15(19)12(2)9-13/h5-6,9-11,20H,4,7-8H2,1-3H3,(H,21,23). The number of amides is 1. The number of aryl methyl sites for hydroxylation is 2. The highest BCUT2D eigenvalue weighted by molar-refractivity contribution is 9.10. The second-order valence-electron chi connectivity index (χ2n) is 6.05. The van der Waals surface area contributed by atoms with Gasteiger partial charge >= 0.3 is 5.97 Å². The Morgan fingerprint density at radius 1 is 1.25 bits per heavy atom. The molecule has 1 amide bonds.